The fourth-order valence-electron chi connectivity index (χ4n) is 3.41. The molecule has 0 unspecified atom stereocenters. The number of benzene rings is 2. The first-order valence-electron chi connectivity index (χ1n) is 8.22. The molecule has 0 nitrogen and oxygen atoms in total. The Bertz CT molecular complexity index is 664. The molecule has 0 bridgehead atoms. The molecular weight excluding hydrogens is 390 g/mol. The summed E-state index contributed by atoms with van der Waals surface area (Å²) >= 11 is -3.20. The van der Waals surface area contributed by atoms with Crippen molar-refractivity contribution < 1.29 is 17.9 Å². The third kappa shape index (κ3) is 3.38. The summed E-state index contributed by atoms with van der Waals surface area (Å²) in [5, 5.41) is 0. The molecule has 0 radical (unpaired) electrons. The molecule has 0 N–H and O–H groups in total. The van der Waals surface area contributed by atoms with E-state index in [0.717, 1.165) is 10.5 Å². The quantitative estimate of drug-likeness (QED) is 0.414. The van der Waals surface area contributed by atoms with Crippen molar-refractivity contribution in [1.29, 1.82) is 0 Å². The third-order valence-electron chi connectivity index (χ3n) is 4.59. The van der Waals surface area contributed by atoms with Crippen molar-refractivity contribution in [3.8, 4) is 11.1 Å². The summed E-state index contributed by atoms with van der Waals surface area (Å²) in [4.78, 5) is 0. The summed E-state index contributed by atoms with van der Waals surface area (Å²) in [7, 11) is 13.9. The number of fused-ring (bicyclic) bond motifs is 3. The first kappa shape index (κ1) is 16.8. The summed E-state index contributed by atoms with van der Waals surface area (Å²) in [6.45, 7) is 2.24. The molecule has 3 rings (SSSR count). The predicted octanol–water partition coefficient (Wildman–Crippen LogP) is 6.34. The Morgan fingerprint density at radius 1 is 0.909 bits per heavy atom. The van der Waals surface area contributed by atoms with E-state index in [0.29, 0.717) is 0 Å². The number of rotatable bonds is 6. The van der Waals surface area contributed by atoms with Gasteiger partial charge in [-0.3, -0.25) is 0 Å². The molecule has 0 atom stereocenters. The molecule has 0 amide bonds. The molecule has 0 heterocycles. The Morgan fingerprint density at radius 2 is 1.68 bits per heavy atom. The predicted molar refractivity (Wildman–Crippen MR) is 95.0 cm³/mol. The van der Waals surface area contributed by atoms with Crippen LogP contribution in [0.3, 0.4) is 0 Å². The fraction of sp³-hybridized carbons (Fsp3) is 0.368. The van der Waals surface area contributed by atoms with Crippen molar-refractivity contribution in [2.75, 3.05) is 0 Å². The minimum atomic E-state index is -3.20. The minimum absolute atomic E-state index is 0.995. The number of hydrogen-bond acceptors (Lipinski definition) is 0. The standard InChI is InChI=1S/C13H9.C6H13.2ClH.Zr/c1-3-7-12-10(5-1)9-11-6-2-4-8-13(11)12;1-3-5-6-4-2;;;/h1-5,7-8H,9H2;1,3-6H2,2H3;2*1H;/q;;;;+2/p-2. The van der Waals surface area contributed by atoms with Gasteiger partial charge in [-0.05, 0) is 0 Å². The first-order chi connectivity index (χ1) is 10.6. The molecule has 0 saturated heterocycles. The molecule has 1 aliphatic carbocycles. The number of halogens is 2. The van der Waals surface area contributed by atoms with Crippen LogP contribution in [0.2, 0.25) is 4.13 Å². The van der Waals surface area contributed by atoms with Crippen LogP contribution in [0.25, 0.3) is 11.1 Å². The maximum absolute atomic E-state index is 6.94. The molecule has 22 heavy (non-hydrogen) atoms. The van der Waals surface area contributed by atoms with E-state index < -0.39 is 17.9 Å². The molecular formula is C19H22Cl2Zr. The van der Waals surface area contributed by atoms with Gasteiger partial charge in [-0.15, -0.1) is 0 Å². The van der Waals surface area contributed by atoms with Crippen LogP contribution in [0.4, 0.5) is 0 Å². The van der Waals surface area contributed by atoms with Crippen molar-refractivity contribution in [3.05, 3.63) is 53.6 Å². The number of hydrogen-bond donors (Lipinski definition) is 0. The molecule has 1 aliphatic rings. The topological polar surface area (TPSA) is 0 Å². The van der Waals surface area contributed by atoms with Crippen molar-refractivity contribution in [3.63, 3.8) is 0 Å². The summed E-state index contributed by atoms with van der Waals surface area (Å²) < 4.78 is 2.34. The van der Waals surface area contributed by atoms with Crippen LogP contribution in [-0.2, 0) is 24.3 Å². The van der Waals surface area contributed by atoms with Crippen molar-refractivity contribution in [2.24, 2.45) is 0 Å². The summed E-state index contributed by atoms with van der Waals surface area (Å²) in [5.41, 5.74) is 5.52. The molecule has 0 spiro atoms. The van der Waals surface area contributed by atoms with Gasteiger partial charge in [0.2, 0.25) is 0 Å². The van der Waals surface area contributed by atoms with Gasteiger partial charge >= 0.3 is 146 Å². The zero-order chi connectivity index (χ0) is 15.6. The third-order valence-corrected chi connectivity index (χ3v) is 14.7. The van der Waals surface area contributed by atoms with Crippen LogP contribution >= 0.6 is 17.0 Å². The molecule has 0 aromatic heterocycles. The molecule has 0 fully saturated rings. The van der Waals surface area contributed by atoms with Gasteiger partial charge in [0.25, 0.3) is 0 Å². The SMILES string of the molecule is CCCCC[CH2][Zr]([Cl])([Cl])[c]1cccc2c1Cc1ccccc1-2. The van der Waals surface area contributed by atoms with E-state index in [9.17, 15) is 0 Å². The zero-order valence-electron chi connectivity index (χ0n) is 13.0. The van der Waals surface area contributed by atoms with E-state index in [4.69, 9.17) is 17.0 Å². The van der Waals surface area contributed by atoms with E-state index in [1.165, 1.54) is 51.2 Å². The van der Waals surface area contributed by atoms with Crippen LogP contribution < -0.4 is 3.27 Å². The first-order valence-corrected chi connectivity index (χ1v) is 17.5. The summed E-state index contributed by atoms with van der Waals surface area (Å²) in [6, 6.07) is 15.2. The average molecular weight is 413 g/mol. The van der Waals surface area contributed by atoms with Crippen molar-refractivity contribution >= 4 is 20.3 Å². The van der Waals surface area contributed by atoms with E-state index in [-0.39, 0.29) is 0 Å². The van der Waals surface area contributed by atoms with Crippen molar-refractivity contribution in [1.82, 2.24) is 0 Å². The maximum atomic E-state index is 6.94. The number of unbranched alkanes of at least 4 members (excludes halogenated alkanes) is 3. The van der Waals surface area contributed by atoms with Gasteiger partial charge in [0, 0.05) is 0 Å². The summed E-state index contributed by atoms with van der Waals surface area (Å²) in [6.07, 6.45) is 5.96. The zero-order valence-corrected chi connectivity index (χ0v) is 17.0. The normalized spacial score (nSPS) is 13.0. The monoisotopic (exact) mass is 410 g/mol. The van der Waals surface area contributed by atoms with Gasteiger partial charge in [0.05, 0.1) is 0 Å². The van der Waals surface area contributed by atoms with Gasteiger partial charge in [0.1, 0.15) is 0 Å². The second-order valence-corrected chi connectivity index (χ2v) is 21.0. The molecule has 3 heteroatoms. The Morgan fingerprint density at radius 3 is 2.50 bits per heavy atom. The van der Waals surface area contributed by atoms with Crippen LogP contribution in [0.1, 0.15) is 43.7 Å². The Balaban J connectivity index is 1.87. The van der Waals surface area contributed by atoms with Crippen LogP contribution in [0.5, 0.6) is 0 Å². The molecule has 0 aliphatic heterocycles. The molecule has 2 aromatic rings. The molecule has 0 saturated carbocycles. The van der Waals surface area contributed by atoms with E-state index in [2.05, 4.69) is 49.4 Å². The Labute approximate surface area is 145 Å². The van der Waals surface area contributed by atoms with Crippen LogP contribution in [0.15, 0.2) is 42.5 Å². The second kappa shape index (κ2) is 7.20. The van der Waals surface area contributed by atoms with Crippen LogP contribution in [-0.4, -0.2) is 0 Å². The van der Waals surface area contributed by atoms with Gasteiger partial charge in [-0.1, -0.05) is 0 Å². The fourth-order valence-corrected chi connectivity index (χ4v) is 11.9. The van der Waals surface area contributed by atoms with Gasteiger partial charge < -0.3 is 0 Å². The van der Waals surface area contributed by atoms with E-state index in [1.54, 1.807) is 0 Å². The van der Waals surface area contributed by atoms with Gasteiger partial charge in [0.15, 0.2) is 0 Å². The van der Waals surface area contributed by atoms with E-state index >= 15 is 0 Å². The van der Waals surface area contributed by atoms with Gasteiger partial charge in [-0.25, -0.2) is 0 Å². The van der Waals surface area contributed by atoms with Gasteiger partial charge in [-0.2, -0.15) is 0 Å². The second-order valence-electron chi connectivity index (χ2n) is 6.18. The molecule has 2 aromatic carbocycles. The van der Waals surface area contributed by atoms with E-state index in [1.807, 2.05) is 0 Å². The summed E-state index contributed by atoms with van der Waals surface area (Å²) in [5.74, 6) is 0. The molecule has 116 valence electrons. The Hall–Kier alpha value is -0.0969. The average Bonchev–Trinajstić information content (AvgIpc) is 2.90. The van der Waals surface area contributed by atoms with Crippen LogP contribution in [0, 0.1) is 0 Å². The Kier molecular flexibility index (Phi) is 5.48. The van der Waals surface area contributed by atoms with Crippen molar-refractivity contribution in [2.45, 2.75) is 43.2 Å².